The average Bonchev–Trinajstić information content (AvgIpc) is 2.97. The van der Waals surface area contributed by atoms with Crippen molar-refractivity contribution in [1.29, 1.82) is 0 Å². The van der Waals surface area contributed by atoms with Crippen LogP contribution in [0.4, 0.5) is 0 Å². The van der Waals surface area contributed by atoms with E-state index in [1.165, 1.54) is 11.3 Å². The number of thiazole rings is 1. The summed E-state index contributed by atoms with van der Waals surface area (Å²) in [5, 5.41) is 14.6. The lowest BCUT2D eigenvalue weighted by Gasteiger charge is -2.14. The van der Waals surface area contributed by atoms with Crippen molar-refractivity contribution < 1.29 is 14.7 Å². The zero-order valence-corrected chi connectivity index (χ0v) is 14.0. The van der Waals surface area contributed by atoms with Crippen LogP contribution in [0.2, 0.25) is 0 Å². The molecule has 0 bridgehead atoms. The van der Waals surface area contributed by atoms with Crippen molar-refractivity contribution in [1.82, 2.24) is 10.3 Å². The molecule has 0 aliphatic rings. The van der Waals surface area contributed by atoms with E-state index in [4.69, 9.17) is 0 Å². The molecule has 2 aromatic rings. The number of nitrogens with one attached hydrogen (secondary N) is 1. The largest absolute Gasteiger partial charge is 0.480 e. The first kappa shape index (κ1) is 17.1. The lowest BCUT2D eigenvalue weighted by Crippen LogP contribution is -2.40. The van der Waals surface area contributed by atoms with Gasteiger partial charge in [0.05, 0.1) is 0 Å². The summed E-state index contributed by atoms with van der Waals surface area (Å²) in [6, 6.07) is 6.24. The fourth-order valence-corrected chi connectivity index (χ4v) is 2.98. The van der Waals surface area contributed by atoms with Gasteiger partial charge in [0, 0.05) is 22.2 Å². The highest BCUT2D eigenvalue weighted by atomic mass is 32.1. The van der Waals surface area contributed by atoms with Gasteiger partial charge in [0.1, 0.15) is 11.0 Å². The Hall–Kier alpha value is -2.21. The number of benzene rings is 1. The van der Waals surface area contributed by atoms with Crippen LogP contribution in [0.3, 0.4) is 0 Å². The van der Waals surface area contributed by atoms with E-state index in [1.807, 2.05) is 25.3 Å². The third-order valence-electron chi connectivity index (χ3n) is 3.44. The second kappa shape index (κ2) is 7.87. The number of aryl methyl sites for hydroxylation is 1. The van der Waals surface area contributed by atoms with E-state index in [0.29, 0.717) is 12.0 Å². The fourth-order valence-electron chi connectivity index (χ4n) is 2.19. The molecule has 1 atom stereocenters. The summed E-state index contributed by atoms with van der Waals surface area (Å²) < 4.78 is 0. The van der Waals surface area contributed by atoms with E-state index in [0.717, 1.165) is 29.1 Å². The van der Waals surface area contributed by atoms with Gasteiger partial charge in [0.25, 0.3) is 5.91 Å². The highest BCUT2D eigenvalue weighted by molar-refractivity contribution is 7.13. The summed E-state index contributed by atoms with van der Waals surface area (Å²) in [7, 11) is 0. The number of carboxylic acids is 1. The summed E-state index contributed by atoms with van der Waals surface area (Å²) in [6.07, 6.45) is 2.08. The minimum atomic E-state index is -1.00. The first-order valence-electron chi connectivity index (χ1n) is 7.57. The summed E-state index contributed by atoms with van der Waals surface area (Å²) >= 11 is 1.52. The fraction of sp³-hybridized carbons (Fsp3) is 0.353. The van der Waals surface area contributed by atoms with Crippen molar-refractivity contribution in [3.63, 3.8) is 0 Å². The van der Waals surface area contributed by atoms with Crippen LogP contribution >= 0.6 is 11.3 Å². The van der Waals surface area contributed by atoms with E-state index in [2.05, 4.69) is 10.3 Å². The van der Waals surface area contributed by atoms with Gasteiger partial charge >= 0.3 is 5.97 Å². The number of carbonyl (C=O) groups excluding carboxylic acids is 1. The topological polar surface area (TPSA) is 79.3 Å². The number of aliphatic carboxylic acids is 1. The van der Waals surface area contributed by atoms with Crippen LogP contribution in [-0.4, -0.2) is 28.0 Å². The molecule has 0 fully saturated rings. The molecule has 1 aromatic carbocycles. The molecular weight excluding hydrogens is 312 g/mol. The molecule has 1 amide bonds. The predicted molar refractivity (Wildman–Crippen MR) is 90.7 cm³/mol. The molecule has 2 N–H and O–H groups in total. The molecule has 0 aliphatic heterocycles. The zero-order chi connectivity index (χ0) is 16.8. The molecule has 0 saturated heterocycles. The van der Waals surface area contributed by atoms with Gasteiger partial charge in [-0.3, -0.25) is 4.79 Å². The maximum absolute atomic E-state index is 12.3. The molecule has 0 saturated carbocycles. The number of unbranched alkanes of at least 4 members (excludes halogenated alkanes) is 1. The van der Waals surface area contributed by atoms with Gasteiger partial charge in [-0.15, -0.1) is 11.3 Å². The summed E-state index contributed by atoms with van der Waals surface area (Å²) in [5.41, 5.74) is 2.24. The van der Waals surface area contributed by atoms with E-state index >= 15 is 0 Å². The minimum Gasteiger partial charge on any atom is -0.480 e. The smallest absolute Gasteiger partial charge is 0.326 e. The van der Waals surface area contributed by atoms with Crippen molar-refractivity contribution in [2.75, 3.05) is 0 Å². The molecule has 0 aliphatic carbocycles. The van der Waals surface area contributed by atoms with Crippen molar-refractivity contribution in [2.45, 2.75) is 39.2 Å². The number of carbonyl (C=O) groups is 2. The standard InChI is InChI=1S/C17H20N2O3S/c1-3-4-8-14(17(21)22)19-15(20)12-6-5-7-13(9-12)16-18-11(2)10-23-16/h5-7,9-10,14H,3-4,8H2,1-2H3,(H,19,20)(H,21,22). The molecule has 0 radical (unpaired) electrons. The van der Waals surface area contributed by atoms with E-state index in [-0.39, 0.29) is 5.91 Å². The van der Waals surface area contributed by atoms with Gasteiger partial charge in [-0.05, 0) is 25.5 Å². The van der Waals surface area contributed by atoms with Gasteiger partial charge < -0.3 is 10.4 Å². The number of hydrogen-bond acceptors (Lipinski definition) is 4. The molecule has 5 nitrogen and oxygen atoms in total. The van der Waals surface area contributed by atoms with Crippen LogP contribution in [0, 0.1) is 6.92 Å². The SMILES string of the molecule is CCCCC(NC(=O)c1cccc(-c2nc(C)cs2)c1)C(=O)O. The lowest BCUT2D eigenvalue weighted by molar-refractivity contribution is -0.139. The van der Waals surface area contributed by atoms with E-state index in [9.17, 15) is 14.7 Å². The Labute approximate surface area is 139 Å². The first-order chi connectivity index (χ1) is 11.0. The number of aromatic nitrogens is 1. The minimum absolute atomic E-state index is 0.372. The number of carboxylic acid groups (broad SMARTS) is 1. The van der Waals surface area contributed by atoms with Crippen LogP contribution in [0.15, 0.2) is 29.6 Å². The zero-order valence-electron chi connectivity index (χ0n) is 13.2. The lowest BCUT2D eigenvalue weighted by atomic mass is 10.1. The van der Waals surface area contributed by atoms with Crippen LogP contribution in [0.1, 0.15) is 42.2 Å². The van der Waals surface area contributed by atoms with Gasteiger partial charge in [0.15, 0.2) is 0 Å². The van der Waals surface area contributed by atoms with E-state index in [1.54, 1.807) is 18.2 Å². The maximum Gasteiger partial charge on any atom is 0.326 e. The number of amides is 1. The van der Waals surface area contributed by atoms with Crippen LogP contribution in [-0.2, 0) is 4.79 Å². The second-order valence-electron chi connectivity index (χ2n) is 5.38. The summed E-state index contributed by atoms with van der Waals surface area (Å²) in [4.78, 5) is 28.0. The molecule has 23 heavy (non-hydrogen) atoms. The molecule has 1 unspecified atom stereocenters. The highest BCUT2D eigenvalue weighted by Crippen LogP contribution is 2.24. The molecule has 1 aromatic heterocycles. The summed E-state index contributed by atoms with van der Waals surface area (Å²) in [5.74, 6) is -1.37. The number of rotatable bonds is 7. The number of nitrogens with zero attached hydrogens (tertiary/aromatic N) is 1. The normalized spacial score (nSPS) is 11.9. The van der Waals surface area contributed by atoms with Crippen LogP contribution < -0.4 is 5.32 Å². The van der Waals surface area contributed by atoms with Crippen molar-refractivity contribution in [3.8, 4) is 10.6 Å². The van der Waals surface area contributed by atoms with Crippen molar-refractivity contribution >= 4 is 23.2 Å². The van der Waals surface area contributed by atoms with E-state index < -0.39 is 12.0 Å². The average molecular weight is 332 g/mol. The second-order valence-corrected chi connectivity index (χ2v) is 6.24. The third-order valence-corrected chi connectivity index (χ3v) is 4.45. The Morgan fingerprint density at radius 3 is 2.78 bits per heavy atom. The predicted octanol–water partition coefficient (Wildman–Crippen LogP) is 3.49. The molecule has 6 heteroatoms. The Bertz CT molecular complexity index is 697. The van der Waals surface area contributed by atoms with Crippen LogP contribution in [0.5, 0.6) is 0 Å². The first-order valence-corrected chi connectivity index (χ1v) is 8.45. The molecule has 0 spiro atoms. The van der Waals surface area contributed by atoms with Crippen molar-refractivity contribution in [2.24, 2.45) is 0 Å². The number of hydrogen-bond donors (Lipinski definition) is 2. The molecule has 1 heterocycles. The van der Waals surface area contributed by atoms with Gasteiger partial charge in [-0.2, -0.15) is 0 Å². The maximum atomic E-state index is 12.3. The van der Waals surface area contributed by atoms with Gasteiger partial charge in [0.2, 0.25) is 0 Å². The van der Waals surface area contributed by atoms with Gasteiger partial charge in [-0.25, -0.2) is 9.78 Å². The Morgan fingerprint density at radius 1 is 1.39 bits per heavy atom. The Kier molecular flexibility index (Phi) is 5.87. The Balaban J connectivity index is 2.14. The quantitative estimate of drug-likeness (QED) is 0.813. The summed E-state index contributed by atoms with van der Waals surface area (Å²) in [6.45, 7) is 3.90. The van der Waals surface area contributed by atoms with Gasteiger partial charge in [-0.1, -0.05) is 31.9 Å². The molecule has 122 valence electrons. The molecular formula is C17H20N2O3S. The highest BCUT2D eigenvalue weighted by Gasteiger charge is 2.20. The third kappa shape index (κ3) is 4.63. The van der Waals surface area contributed by atoms with Crippen molar-refractivity contribution in [3.05, 3.63) is 40.9 Å². The van der Waals surface area contributed by atoms with Crippen LogP contribution in [0.25, 0.3) is 10.6 Å². The Morgan fingerprint density at radius 2 is 2.17 bits per heavy atom. The monoisotopic (exact) mass is 332 g/mol. The molecule has 2 rings (SSSR count).